The minimum atomic E-state index is 1.06. The highest BCUT2D eigenvalue weighted by molar-refractivity contribution is 8.05. The number of hydrogen-bond acceptors (Lipinski definition) is 3. The predicted octanol–water partition coefficient (Wildman–Crippen LogP) is 2.89. The smallest absolute Gasteiger partial charge is 0.0734 e. The van der Waals surface area contributed by atoms with E-state index in [4.69, 9.17) is 0 Å². The van der Waals surface area contributed by atoms with Gasteiger partial charge >= 0.3 is 0 Å². The van der Waals surface area contributed by atoms with E-state index in [1.807, 2.05) is 29.3 Å². The summed E-state index contributed by atoms with van der Waals surface area (Å²) in [5.41, 5.74) is 2.62. The van der Waals surface area contributed by atoms with Crippen LogP contribution in [0, 0.1) is 0 Å². The molecule has 1 nitrogen and oxygen atoms in total. The number of rotatable bonds is 0. The van der Waals surface area contributed by atoms with E-state index in [1.54, 1.807) is 0 Å². The molecule has 2 aliphatic heterocycles. The van der Waals surface area contributed by atoms with Crippen LogP contribution in [0.2, 0.25) is 0 Å². The molecule has 0 unspecified atom stereocenters. The summed E-state index contributed by atoms with van der Waals surface area (Å²) >= 11 is 3.68. The average Bonchev–Trinajstić information content (AvgIpc) is 2.58. The Hall–Kier alpha value is -0.540. The van der Waals surface area contributed by atoms with Crippen LogP contribution < -0.4 is 0 Å². The maximum atomic E-state index is 4.35. The molecule has 0 radical (unpaired) electrons. The minimum Gasteiger partial charge on any atom is -0.259 e. The monoisotopic (exact) mass is 179 g/mol. The van der Waals surface area contributed by atoms with Crippen molar-refractivity contribution in [2.75, 3.05) is 0 Å². The molecule has 0 amide bonds. The Kier molecular flexibility index (Phi) is 1.09. The molecule has 2 bridgehead atoms. The second-order valence-electron chi connectivity index (χ2n) is 2.57. The zero-order valence-electron chi connectivity index (χ0n) is 5.70. The lowest BCUT2D eigenvalue weighted by atomic mass is 10.1. The molecule has 1 aromatic heterocycles. The Morgan fingerprint density at radius 2 is 2.45 bits per heavy atom. The van der Waals surface area contributed by atoms with E-state index in [1.165, 1.54) is 20.4 Å². The standard InChI is InChI=1S/C8H5NS2/c1-2-10-8-6(1)7-3-5(11-8)4-9-7/h1-2,4H,3H2. The summed E-state index contributed by atoms with van der Waals surface area (Å²) in [6.07, 6.45) is 3.06. The first-order chi connectivity index (χ1) is 5.43. The van der Waals surface area contributed by atoms with Crippen LogP contribution in [0.1, 0.15) is 12.0 Å². The fourth-order valence-electron chi connectivity index (χ4n) is 1.34. The molecule has 3 heteroatoms. The number of fused-ring (bicyclic) bond motifs is 4. The fraction of sp³-hybridized carbons (Fsp3) is 0.125. The highest BCUT2D eigenvalue weighted by Crippen LogP contribution is 2.44. The average molecular weight is 179 g/mol. The third-order valence-corrected chi connectivity index (χ3v) is 4.03. The third-order valence-electron chi connectivity index (χ3n) is 1.87. The summed E-state index contributed by atoms with van der Waals surface area (Å²) in [5.74, 6) is 0. The van der Waals surface area contributed by atoms with Crippen molar-refractivity contribution in [1.82, 2.24) is 0 Å². The molecule has 0 aromatic carbocycles. The predicted molar refractivity (Wildman–Crippen MR) is 49.4 cm³/mol. The fourth-order valence-corrected chi connectivity index (χ4v) is 3.51. The first-order valence-electron chi connectivity index (χ1n) is 3.45. The normalized spacial score (nSPS) is 19.3. The second kappa shape index (κ2) is 1.99. The molecule has 54 valence electrons. The Labute approximate surface area is 72.8 Å². The molecule has 11 heavy (non-hydrogen) atoms. The van der Waals surface area contributed by atoms with Crippen molar-refractivity contribution in [2.45, 2.75) is 10.6 Å². The first-order valence-corrected chi connectivity index (χ1v) is 5.14. The van der Waals surface area contributed by atoms with Crippen molar-refractivity contribution in [3.05, 3.63) is 28.1 Å². The minimum absolute atomic E-state index is 1.06. The van der Waals surface area contributed by atoms with E-state index in [-0.39, 0.29) is 0 Å². The molecule has 0 aliphatic carbocycles. The summed E-state index contributed by atoms with van der Waals surface area (Å²) < 4.78 is 1.42. The van der Waals surface area contributed by atoms with Gasteiger partial charge < -0.3 is 0 Å². The Balaban J connectivity index is 2.29. The van der Waals surface area contributed by atoms with Crippen LogP contribution in [0.4, 0.5) is 0 Å². The lowest BCUT2D eigenvalue weighted by Crippen LogP contribution is -2.00. The number of allylic oxidation sites excluding steroid dienone is 1. The van der Waals surface area contributed by atoms with Crippen molar-refractivity contribution < 1.29 is 0 Å². The van der Waals surface area contributed by atoms with Crippen LogP contribution in [-0.4, -0.2) is 5.71 Å². The Morgan fingerprint density at radius 3 is 3.45 bits per heavy atom. The molecule has 0 saturated heterocycles. The highest BCUT2D eigenvalue weighted by atomic mass is 32.2. The van der Waals surface area contributed by atoms with Crippen LogP contribution in [0.25, 0.3) is 0 Å². The number of hydrogen-bond donors (Lipinski definition) is 0. The van der Waals surface area contributed by atoms with E-state index >= 15 is 0 Å². The van der Waals surface area contributed by atoms with Gasteiger partial charge in [-0.15, -0.1) is 11.3 Å². The quantitative estimate of drug-likeness (QED) is 0.596. The summed E-state index contributed by atoms with van der Waals surface area (Å²) in [6, 6.07) is 2.17. The highest BCUT2D eigenvalue weighted by Gasteiger charge is 2.23. The molecule has 2 aliphatic rings. The van der Waals surface area contributed by atoms with Gasteiger partial charge in [-0.2, -0.15) is 0 Å². The van der Waals surface area contributed by atoms with Gasteiger partial charge in [0, 0.05) is 23.1 Å². The van der Waals surface area contributed by atoms with Crippen molar-refractivity contribution in [3.8, 4) is 0 Å². The van der Waals surface area contributed by atoms with Gasteiger partial charge in [0.1, 0.15) is 0 Å². The van der Waals surface area contributed by atoms with Crippen LogP contribution in [0.3, 0.4) is 0 Å². The molecule has 3 rings (SSSR count). The molecular weight excluding hydrogens is 174 g/mol. The Morgan fingerprint density at radius 1 is 1.45 bits per heavy atom. The summed E-state index contributed by atoms with van der Waals surface area (Å²) in [6.45, 7) is 0. The zero-order chi connectivity index (χ0) is 7.26. The van der Waals surface area contributed by atoms with Gasteiger partial charge in [-0.05, 0) is 11.4 Å². The summed E-state index contributed by atoms with van der Waals surface area (Å²) in [5, 5.41) is 2.14. The topological polar surface area (TPSA) is 12.4 Å². The maximum absolute atomic E-state index is 4.35. The van der Waals surface area contributed by atoms with Crippen LogP contribution in [-0.2, 0) is 0 Å². The van der Waals surface area contributed by atoms with E-state index < -0.39 is 0 Å². The van der Waals surface area contributed by atoms with E-state index in [2.05, 4.69) is 16.4 Å². The number of thioether (sulfide) groups is 1. The zero-order valence-corrected chi connectivity index (χ0v) is 7.34. The van der Waals surface area contributed by atoms with Gasteiger partial charge in [-0.3, -0.25) is 4.99 Å². The largest absolute Gasteiger partial charge is 0.259 e. The van der Waals surface area contributed by atoms with Gasteiger partial charge in [0.05, 0.1) is 9.92 Å². The molecule has 1 aromatic rings. The van der Waals surface area contributed by atoms with Gasteiger partial charge in [0.2, 0.25) is 0 Å². The van der Waals surface area contributed by atoms with Gasteiger partial charge in [0.15, 0.2) is 0 Å². The van der Waals surface area contributed by atoms with Crippen LogP contribution >= 0.6 is 23.1 Å². The molecule has 3 heterocycles. The molecule has 0 atom stereocenters. The molecular formula is C8H5NS2. The number of aliphatic imine (C=N–C) groups is 1. The number of thiophene rings is 1. The molecule has 0 fully saturated rings. The lowest BCUT2D eigenvalue weighted by molar-refractivity contribution is 1.42. The van der Waals surface area contributed by atoms with E-state index in [9.17, 15) is 0 Å². The maximum Gasteiger partial charge on any atom is 0.0734 e. The second-order valence-corrected chi connectivity index (χ2v) is 4.88. The third kappa shape index (κ3) is 0.752. The molecule has 0 N–H and O–H groups in total. The van der Waals surface area contributed by atoms with Gasteiger partial charge in [0.25, 0.3) is 0 Å². The van der Waals surface area contributed by atoms with Crippen LogP contribution in [0.15, 0.2) is 31.8 Å². The molecule has 0 spiro atoms. The molecule has 0 saturated carbocycles. The van der Waals surface area contributed by atoms with Crippen molar-refractivity contribution >= 4 is 28.8 Å². The van der Waals surface area contributed by atoms with Crippen LogP contribution in [0.5, 0.6) is 0 Å². The van der Waals surface area contributed by atoms with E-state index in [0.717, 1.165) is 6.42 Å². The van der Waals surface area contributed by atoms with E-state index in [0.29, 0.717) is 0 Å². The van der Waals surface area contributed by atoms with Crippen molar-refractivity contribution in [2.24, 2.45) is 4.99 Å². The SMILES string of the molecule is C1=C2CC(=N1)c1ccsc1S2. The summed E-state index contributed by atoms with van der Waals surface area (Å²) in [4.78, 5) is 5.75. The van der Waals surface area contributed by atoms with Crippen molar-refractivity contribution in [3.63, 3.8) is 0 Å². The van der Waals surface area contributed by atoms with Crippen molar-refractivity contribution in [1.29, 1.82) is 0 Å². The van der Waals surface area contributed by atoms with Gasteiger partial charge in [-0.25, -0.2) is 0 Å². The summed E-state index contributed by atoms with van der Waals surface area (Å²) in [7, 11) is 0. The first kappa shape index (κ1) is 6.03. The Bertz CT molecular complexity index is 373. The number of nitrogens with zero attached hydrogens (tertiary/aromatic N) is 1. The lowest BCUT2D eigenvalue weighted by Gasteiger charge is -2.09. The van der Waals surface area contributed by atoms with Gasteiger partial charge in [-0.1, -0.05) is 11.8 Å².